The monoisotopic (exact) mass is 265 g/mol. The maximum atomic E-state index is 5.55. The lowest BCUT2D eigenvalue weighted by Gasteiger charge is -2.33. The second-order valence-electron chi connectivity index (χ2n) is 4.84. The standard InChI is InChI=1S/C11H24BrNO/c1-10(2)8-14-7-6-13(5)11(3,4)9-12/h10H,6-9H2,1-5H3. The van der Waals surface area contributed by atoms with E-state index in [0.29, 0.717) is 5.92 Å². The molecule has 14 heavy (non-hydrogen) atoms. The Hall–Kier alpha value is 0.400. The first-order chi connectivity index (χ1) is 6.40. The lowest BCUT2D eigenvalue weighted by atomic mass is 10.1. The Morgan fingerprint density at radius 3 is 2.36 bits per heavy atom. The van der Waals surface area contributed by atoms with E-state index in [1.54, 1.807) is 0 Å². The lowest BCUT2D eigenvalue weighted by molar-refractivity contribution is 0.0690. The molecule has 0 aromatic rings. The van der Waals surface area contributed by atoms with Crippen molar-refractivity contribution in [1.29, 1.82) is 0 Å². The third-order valence-electron chi connectivity index (χ3n) is 2.38. The quantitative estimate of drug-likeness (QED) is 0.519. The van der Waals surface area contributed by atoms with E-state index < -0.39 is 0 Å². The molecule has 0 unspecified atom stereocenters. The van der Waals surface area contributed by atoms with Crippen molar-refractivity contribution in [3.63, 3.8) is 0 Å². The molecule has 0 saturated carbocycles. The number of nitrogens with zero attached hydrogens (tertiary/aromatic N) is 1. The first-order valence-corrected chi connectivity index (χ1v) is 6.37. The SMILES string of the molecule is CC(C)COCCN(C)C(C)(C)CBr. The third kappa shape index (κ3) is 5.99. The molecule has 0 atom stereocenters. The Morgan fingerprint density at radius 2 is 1.93 bits per heavy atom. The van der Waals surface area contributed by atoms with Gasteiger partial charge in [-0.15, -0.1) is 0 Å². The van der Waals surface area contributed by atoms with Crippen molar-refractivity contribution in [2.45, 2.75) is 33.2 Å². The maximum Gasteiger partial charge on any atom is 0.0593 e. The average Bonchev–Trinajstić information content (AvgIpc) is 2.11. The van der Waals surface area contributed by atoms with Crippen LogP contribution >= 0.6 is 15.9 Å². The molecule has 0 aromatic heterocycles. The van der Waals surface area contributed by atoms with Crippen molar-refractivity contribution in [2.24, 2.45) is 5.92 Å². The molecular formula is C11H24BrNO. The van der Waals surface area contributed by atoms with Crippen LogP contribution in [0.4, 0.5) is 0 Å². The van der Waals surface area contributed by atoms with Crippen molar-refractivity contribution in [1.82, 2.24) is 4.90 Å². The predicted octanol–water partition coefficient (Wildman–Crippen LogP) is 2.76. The summed E-state index contributed by atoms with van der Waals surface area (Å²) in [6.07, 6.45) is 0. The number of rotatable bonds is 7. The van der Waals surface area contributed by atoms with Gasteiger partial charge in [-0.25, -0.2) is 0 Å². The van der Waals surface area contributed by atoms with E-state index in [0.717, 1.165) is 25.1 Å². The molecule has 0 bridgehead atoms. The van der Waals surface area contributed by atoms with Gasteiger partial charge in [0.15, 0.2) is 0 Å². The van der Waals surface area contributed by atoms with Crippen LogP contribution in [0.2, 0.25) is 0 Å². The highest BCUT2D eigenvalue weighted by Crippen LogP contribution is 2.14. The number of hydrogen-bond acceptors (Lipinski definition) is 2. The Kier molecular flexibility index (Phi) is 7.00. The van der Waals surface area contributed by atoms with Gasteiger partial charge in [-0.2, -0.15) is 0 Å². The summed E-state index contributed by atoms with van der Waals surface area (Å²) in [4.78, 5) is 2.32. The van der Waals surface area contributed by atoms with Crippen LogP contribution in [0.15, 0.2) is 0 Å². The fourth-order valence-corrected chi connectivity index (χ4v) is 1.35. The summed E-state index contributed by atoms with van der Waals surface area (Å²) in [7, 11) is 2.14. The molecule has 0 aliphatic heterocycles. The zero-order chi connectivity index (χ0) is 11.2. The predicted molar refractivity (Wildman–Crippen MR) is 66.2 cm³/mol. The van der Waals surface area contributed by atoms with Gasteiger partial charge in [-0.05, 0) is 26.8 Å². The fourth-order valence-electron chi connectivity index (χ4n) is 0.925. The van der Waals surface area contributed by atoms with E-state index in [1.165, 1.54) is 0 Å². The first-order valence-electron chi connectivity index (χ1n) is 5.25. The number of halogens is 1. The van der Waals surface area contributed by atoms with Crippen molar-refractivity contribution >= 4 is 15.9 Å². The fraction of sp³-hybridized carbons (Fsp3) is 1.00. The second-order valence-corrected chi connectivity index (χ2v) is 5.40. The van der Waals surface area contributed by atoms with E-state index in [9.17, 15) is 0 Å². The van der Waals surface area contributed by atoms with E-state index in [-0.39, 0.29) is 5.54 Å². The largest absolute Gasteiger partial charge is 0.380 e. The van der Waals surface area contributed by atoms with Crippen LogP contribution in [0.5, 0.6) is 0 Å². The minimum absolute atomic E-state index is 0.210. The second kappa shape index (κ2) is 6.81. The van der Waals surface area contributed by atoms with Crippen LogP contribution < -0.4 is 0 Å². The van der Waals surface area contributed by atoms with Crippen LogP contribution in [0.1, 0.15) is 27.7 Å². The molecule has 0 amide bonds. The van der Waals surface area contributed by atoms with E-state index in [1.807, 2.05) is 0 Å². The maximum absolute atomic E-state index is 5.55. The third-order valence-corrected chi connectivity index (χ3v) is 3.75. The van der Waals surface area contributed by atoms with Crippen LogP contribution in [0.3, 0.4) is 0 Å². The molecule has 0 aliphatic carbocycles. The molecule has 86 valence electrons. The number of likely N-dealkylation sites (N-methyl/N-ethyl adjacent to an activating group) is 1. The lowest BCUT2D eigenvalue weighted by Crippen LogP contribution is -2.44. The van der Waals surface area contributed by atoms with Gasteiger partial charge < -0.3 is 4.74 Å². The first kappa shape index (κ1) is 14.4. The number of ether oxygens (including phenoxy) is 1. The van der Waals surface area contributed by atoms with Crippen LogP contribution in [-0.2, 0) is 4.74 Å². The molecule has 0 saturated heterocycles. The smallest absolute Gasteiger partial charge is 0.0593 e. The Morgan fingerprint density at radius 1 is 1.36 bits per heavy atom. The van der Waals surface area contributed by atoms with Gasteiger partial charge in [-0.3, -0.25) is 4.90 Å². The summed E-state index contributed by atoms with van der Waals surface area (Å²) in [5.41, 5.74) is 0.210. The summed E-state index contributed by atoms with van der Waals surface area (Å²) in [5, 5.41) is 0.987. The zero-order valence-electron chi connectivity index (χ0n) is 10.1. The molecule has 0 rings (SSSR count). The van der Waals surface area contributed by atoms with Gasteiger partial charge in [0.05, 0.1) is 6.61 Å². The van der Waals surface area contributed by atoms with Gasteiger partial charge in [0.25, 0.3) is 0 Å². The summed E-state index contributed by atoms with van der Waals surface area (Å²) in [6, 6.07) is 0. The van der Waals surface area contributed by atoms with E-state index in [4.69, 9.17) is 4.74 Å². The summed E-state index contributed by atoms with van der Waals surface area (Å²) < 4.78 is 5.55. The topological polar surface area (TPSA) is 12.5 Å². The molecule has 0 heterocycles. The highest BCUT2D eigenvalue weighted by Gasteiger charge is 2.21. The number of hydrogen-bond donors (Lipinski definition) is 0. The molecule has 0 N–H and O–H groups in total. The molecule has 0 radical (unpaired) electrons. The molecule has 0 aromatic carbocycles. The van der Waals surface area contributed by atoms with Crippen molar-refractivity contribution in [3.8, 4) is 0 Å². The molecule has 0 spiro atoms. The van der Waals surface area contributed by atoms with E-state index in [2.05, 4.69) is 55.6 Å². The molecule has 3 heteroatoms. The highest BCUT2D eigenvalue weighted by atomic mass is 79.9. The number of alkyl halides is 1. The van der Waals surface area contributed by atoms with Crippen LogP contribution in [0, 0.1) is 5.92 Å². The van der Waals surface area contributed by atoms with Crippen LogP contribution in [-0.4, -0.2) is 42.6 Å². The van der Waals surface area contributed by atoms with Gasteiger partial charge in [0.2, 0.25) is 0 Å². The van der Waals surface area contributed by atoms with Gasteiger partial charge in [0.1, 0.15) is 0 Å². The average molecular weight is 266 g/mol. The molecule has 0 aliphatic rings. The molecular weight excluding hydrogens is 242 g/mol. The Bertz CT molecular complexity index is 148. The van der Waals surface area contributed by atoms with Crippen molar-refractivity contribution < 1.29 is 4.74 Å². The highest BCUT2D eigenvalue weighted by molar-refractivity contribution is 9.09. The minimum Gasteiger partial charge on any atom is -0.380 e. The van der Waals surface area contributed by atoms with Crippen LogP contribution in [0.25, 0.3) is 0 Å². The Balaban J connectivity index is 3.59. The van der Waals surface area contributed by atoms with Gasteiger partial charge in [-0.1, -0.05) is 29.8 Å². The van der Waals surface area contributed by atoms with Crippen molar-refractivity contribution in [2.75, 3.05) is 32.1 Å². The van der Waals surface area contributed by atoms with Crippen molar-refractivity contribution in [3.05, 3.63) is 0 Å². The van der Waals surface area contributed by atoms with Gasteiger partial charge >= 0.3 is 0 Å². The summed E-state index contributed by atoms with van der Waals surface area (Å²) >= 11 is 3.52. The summed E-state index contributed by atoms with van der Waals surface area (Å²) in [5.74, 6) is 0.629. The van der Waals surface area contributed by atoms with E-state index >= 15 is 0 Å². The zero-order valence-corrected chi connectivity index (χ0v) is 11.7. The molecule has 2 nitrogen and oxygen atoms in total. The minimum atomic E-state index is 0.210. The molecule has 0 fully saturated rings. The summed E-state index contributed by atoms with van der Waals surface area (Å²) in [6.45, 7) is 11.5. The van der Waals surface area contributed by atoms with Gasteiger partial charge in [0, 0.05) is 24.0 Å². The Labute approximate surface area is 97.1 Å². The normalized spacial score (nSPS) is 12.9.